The molecule has 1 aliphatic rings. The number of aryl methyl sites for hydroxylation is 1. The van der Waals surface area contributed by atoms with Crippen molar-refractivity contribution in [1.82, 2.24) is 29.8 Å². The molecule has 1 aliphatic heterocycles. The number of anilines is 4. The van der Waals surface area contributed by atoms with Crippen molar-refractivity contribution >= 4 is 35.0 Å². The topological polar surface area (TPSA) is 91.8 Å². The van der Waals surface area contributed by atoms with E-state index in [2.05, 4.69) is 40.5 Å². The normalized spacial score (nSPS) is 14.0. The molecule has 1 aromatic carbocycles. The summed E-state index contributed by atoms with van der Waals surface area (Å²) in [5.74, 6) is 4.05. The monoisotopic (exact) mass is 488 g/mol. The standard InChI is InChI=1S/C25H25FN8S/c1-17-3-2-4-21(29-17)24-27-9-7-22(32-24)31-23-8-10-28-25(33-23)30-19-5-6-20(26)18(15-19)16-34-11-13-35-14-12-34/h2-10,15H,11-14,16H2,1H3,(H2,27,28,30,31,32,33). The van der Waals surface area contributed by atoms with E-state index >= 15 is 0 Å². The molecule has 4 heterocycles. The van der Waals surface area contributed by atoms with Gasteiger partial charge < -0.3 is 10.6 Å². The summed E-state index contributed by atoms with van der Waals surface area (Å²) in [5, 5.41) is 6.38. The Hall–Kier alpha value is -3.63. The number of benzene rings is 1. The minimum atomic E-state index is -0.201. The van der Waals surface area contributed by atoms with Gasteiger partial charge in [-0.1, -0.05) is 6.07 Å². The number of nitrogens with one attached hydrogen (secondary N) is 2. The van der Waals surface area contributed by atoms with Crippen LogP contribution in [-0.4, -0.2) is 54.4 Å². The highest BCUT2D eigenvalue weighted by molar-refractivity contribution is 7.99. The van der Waals surface area contributed by atoms with Crippen LogP contribution in [0.1, 0.15) is 11.3 Å². The van der Waals surface area contributed by atoms with Gasteiger partial charge in [0, 0.05) is 60.5 Å². The van der Waals surface area contributed by atoms with Crippen LogP contribution in [0.15, 0.2) is 60.9 Å². The Morgan fingerprint density at radius 3 is 2.54 bits per heavy atom. The van der Waals surface area contributed by atoms with Crippen molar-refractivity contribution in [2.45, 2.75) is 13.5 Å². The fourth-order valence-electron chi connectivity index (χ4n) is 3.74. The molecule has 0 amide bonds. The van der Waals surface area contributed by atoms with Gasteiger partial charge in [-0.05, 0) is 49.4 Å². The van der Waals surface area contributed by atoms with Crippen LogP contribution in [0.4, 0.5) is 27.7 Å². The fourth-order valence-corrected chi connectivity index (χ4v) is 4.72. The quantitative estimate of drug-likeness (QED) is 0.380. The second kappa shape index (κ2) is 10.7. The molecule has 4 aromatic rings. The second-order valence-corrected chi connectivity index (χ2v) is 9.36. The van der Waals surface area contributed by atoms with Crippen LogP contribution < -0.4 is 10.6 Å². The lowest BCUT2D eigenvalue weighted by Gasteiger charge is -2.26. The van der Waals surface area contributed by atoms with Crippen LogP contribution in [-0.2, 0) is 6.54 Å². The number of nitrogens with zero attached hydrogens (tertiary/aromatic N) is 6. The highest BCUT2D eigenvalue weighted by Gasteiger charge is 2.14. The van der Waals surface area contributed by atoms with E-state index in [1.54, 1.807) is 30.6 Å². The highest BCUT2D eigenvalue weighted by atomic mass is 32.2. The minimum Gasteiger partial charge on any atom is -0.325 e. The van der Waals surface area contributed by atoms with Crippen LogP contribution in [0.2, 0.25) is 0 Å². The molecule has 178 valence electrons. The molecular formula is C25H25FN8S. The van der Waals surface area contributed by atoms with Gasteiger partial charge in [0.2, 0.25) is 5.95 Å². The van der Waals surface area contributed by atoms with E-state index in [1.807, 2.05) is 43.0 Å². The summed E-state index contributed by atoms with van der Waals surface area (Å²) in [6, 6.07) is 14.3. The SMILES string of the molecule is Cc1cccc(-c2nccc(Nc3ccnc(Nc4ccc(F)c(CN5CCSCC5)c4)n3)n2)n1. The van der Waals surface area contributed by atoms with E-state index in [0.29, 0.717) is 41.2 Å². The molecule has 0 atom stereocenters. The van der Waals surface area contributed by atoms with Crippen molar-refractivity contribution in [3.63, 3.8) is 0 Å². The molecule has 8 nitrogen and oxygen atoms in total. The lowest BCUT2D eigenvalue weighted by atomic mass is 10.1. The van der Waals surface area contributed by atoms with E-state index in [4.69, 9.17) is 0 Å². The lowest BCUT2D eigenvalue weighted by molar-refractivity contribution is 0.290. The molecule has 3 aromatic heterocycles. The van der Waals surface area contributed by atoms with Gasteiger partial charge in [-0.15, -0.1) is 0 Å². The lowest BCUT2D eigenvalue weighted by Crippen LogP contribution is -2.32. The van der Waals surface area contributed by atoms with E-state index in [1.165, 1.54) is 6.07 Å². The summed E-state index contributed by atoms with van der Waals surface area (Å²) in [5.41, 5.74) is 3.00. The number of rotatable bonds is 7. The van der Waals surface area contributed by atoms with Gasteiger partial charge in [0.1, 0.15) is 23.1 Å². The van der Waals surface area contributed by atoms with E-state index in [0.717, 1.165) is 36.0 Å². The van der Waals surface area contributed by atoms with Crippen molar-refractivity contribution in [2.24, 2.45) is 0 Å². The van der Waals surface area contributed by atoms with Crippen LogP contribution in [0, 0.1) is 12.7 Å². The van der Waals surface area contributed by atoms with Gasteiger partial charge in [0.05, 0.1) is 0 Å². The zero-order valence-electron chi connectivity index (χ0n) is 19.3. The molecule has 0 aliphatic carbocycles. The number of thioether (sulfide) groups is 1. The number of pyridine rings is 1. The molecule has 0 saturated carbocycles. The first kappa shape index (κ1) is 23.1. The molecule has 1 saturated heterocycles. The Bertz CT molecular complexity index is 1310. The Morgan fingerprint density at radius 1 is 0.914 bits per heavy atom. The largest absolute Gasteiger partial charge is 0.325 e. The average Bonchev–Trinajstić information content (AvgIpc) is 2.87. The zero-order chi connectivity index (χ0) is 24.0. The maximum atomic E-state index is 14.4. The summed E-state index contributed by atoms with van der Waals surface area (Å²) >= 11 is 1.94. The molecule has 0 spiro atoms. The Morgan fingerprint density at radius 2 is 1.71 bits per heavy atom. The Kier molecular flexibility index (Phi) is 7.10. The summed E-state index contributed by atoms with van der Waals surface area (Å²) in [6.45, 7) is 4.47. The van der Waals surface area contributed by atoms with Crippen LogP contribution in [0.5, 0.6) is 0 Å². The van der Waals surface area contributed by atoms with Gasteiger partial charge in [0.15, 0.2) is 5.82 Å². The molecule has 10 heteroatoms. The fraction of sp³-hybridized carbons (Fsp3) is 0.240. The molecule has 0 radical (unpaired) electrons. The van der Waals surface area contributed by atoms with Crippen molar-refractivity contribution < 1.29 is 4.39 Å². The van der Waals surface area contributed by atoms with Crippen molar-refractivity contribution in [1.29, 1.82) is 0 Å². The number of hydrogen-bond acceptors (Lipinski definition) is 9. The van der Waals surface area contributed by atoms with E-state index < -0.39 is 0 Å². The zero-order valence-corrected chi connectivity index (χ0v) is 20.1. The molecule has 35 heavy (non-hydrogen) atoms. The van der Waals surface area contributed by atoms with Crippen LogP contribution in [0.25, 0.3) is 11.5 Å². The Labute approximate surface area is 207 Å². The maximum absolute atomic E-state index is 14.4. The van der Waals surface area contributed by atoms with Gasteiger partial charge in [-0.3, -0.25) is 4.90 Å². The van der Waals surface area contributed by atoms with Gasteiger partial charge in [0.25, 0.3) is 0 Å². The first-order chi connectivity index (χ1) is 17.1. The predicted octanol–water partition coefficient (Wildman–Crippen LogP) is 4.81. The van der Waals surface area contributed by atoms with Crippen LogP contribution >= 0.6 is 11.8 Å². The number of hydrogen-bond donors (Lipinski definition) is 2. The second-order valence-electron chi connectivity index (χ2n) is 8.14. The predicted molar refractivity (Wildman–Crippen MR) is 138 cm³/mol. The van der Waals surface area contributed by atoms with Crippen molar-refractivity contribution in [3.05, 3.63) is 78.0 Å². The van der Waals surface area contributed by atoms with Gasteiger partial charge >= 0.3 is 0 Å². The third-order valence-corrected chi connectivity index (χ3v) is 6.43. The Balaban J connectivity index is 1.29. The molecule has 0 bridgehead atoms. The summed E-state index contributed by atoms with van der Waals surface area (Å²) in [4.78, 5) is 24.5. The summed E-state index contributed by atoms with van der Waals surface area (Å²) in [7, 11) is 0. The first-order valence-corrected chi connectivity index (χ1v) is 12.5. The maximum Gasteiger partial charge on any atom is 0.229 e. The number of aromatic nitrogens is 5. The minimum absolute atomic E-state index is 0.201. The van der Waals surface area contributed by atoms with E-state index in [9.17, 15) is 4.39 Å². The third kappa shape index (κ3) is 6.09. The van der Waals surface area contributed by atoms with Crippen molar-refractivity contribution in [3.8, 4) is 11.5 Å². The average molecular weight is 489 g/mol. The molecule has 1 fully saturated rings. The van der Waals surface area contributed by atoms with Crippen LogP contribution in [0.3, 0.4) is 0 Å². The smallest absolute Gasteiger partial charge is 0.229 e. The molecule has 2 N–H and O–H groups in total. The van der Waals surface area contributed by atoms with Gasteiger partial charge in [-0.25, -0.2) is 24.3 Å². The first-order valence-electron chi connectivity index (χ1n) is 11.3. The summed E-state index contributed by atoms with van der Waals surface area (Å²) in [6.07, 6.45) is 3.33. The molecule has 0 unspecified atom stereocenters. The molecular weight excluding hydrogens is 463 g/mol. The summed E-state index contributed by atoms with van der Waals surface area (Å²) < 4.78 is 14.4. The molecule has 5 rings (SSSR count). The third-order valence-electron chi connectivity index (χ3n) is 5.48. The van der Waals surface area contributed by atoms with Crippen molar-refractivity contribution in [2.75, 3.05) is 35.2 Å². The highest BCUT2D eigenvalue weighted by Crippen LogP contribution is 2.22. The number of halogens is 1. The van der Waals surface area contributed by atoms with E-state index in [-0.39, 0.29) is 5.82 Å². The van der Waals surface area contributed by atoms with Gasteiger partial charge in [-0.2, -0.15) is 16.7 Å².